The maximum absolute atomic E-state index is 13.2. The summed E-state index contributed by atoms with van der Waals surface area (Å²) in [7, 11) is -9.94. The van der Waals surface area contributed by atoms with Gasteiger partial charge >= 0.3 is 39.5 Å². The lowest BCUT2D eigenvalue weighted by molar-refractivity contribution is -0.161. The Morgan fingerprint density at radius 3 is 0.673 bits per heavy atom. The molecule has 0 aromatic rings. The van der Waals surface area contributed by atoms with Gasteiger partial charge in [0, 0.05) is 25.7 Å². The van der Waals surface area contributed by atoms with Crippen molar-refractivity contribution < 1.29 is 80.2 Å². The van der Waals surface area contributed by atoms with Crippen LogP contribution < -0.4 is 0 Å². The highest BCUT2D eigenvalue weighted by Gasteiger charge is 2.31. The van der Waals surface area contributed by atoms with Gasteiger partial charge in [0.05, 0.1) is 26.4 Å². The molecule has 0 fully saturated rings. The number of carbonyl (C=O) groups excluding carboxylic acids is 4. The van der Waals surface area contributed by atoms with Crippen LogP contribution in [0.3, 0.4) is 0 Å². The lowest BCUT2D eigenvalue weighted by atomic mass is 9.99. The number of carbonyl (C=O) groups is 4. The van der Waals surface area contributed by atoms with Crippen LogP contribution in [0.15, 0.2) is 0 Å². The van der Waals surface area contributed by atoms with E-state index in [1.165, 1.54) is 327 Å². The van der Waals surface area contributed by atoms with E-state index >= 15 is 0 Å². The molecular formula is C94H184O17P2. The average molecular weight is 1650 g/mol. The molecule has 0 heterocycles. The molecule has 0 saturated heterocycles. The molecule has 0 aliphatic rings. The maximum atomic E-state index is 13.2. The third kappa shape index (κ3) is 86.3. The van der Waals surface area contributed by atoms with Gasteiger partial charge in [-0.1, -0.05) is 459 Å². The predicted octanol–water partition coefficient (Wildman–Crippen LogP) is 29.4. The molecule has 672 valence electrons. The number of phosphoric acid groups is 2. The summed E-state index contributed by atoms with van der Waals surface area (Å²) in [5, 5.41) is 10.7. The molecule has 3 N–H and O–H groups in total. The van der Waals surface area contributed by atoms with Gasteiger partial charge in [0.2, 0.25) is 0 Å². The van der Waals surface area contributed by atoms with Gasteiger partial charge in [-0.25, -0.2) is 9.13 Å². The molecule has 3 unspecified atom stereocenters. The van der Waals surface area contributed by atoms with Gasteiger partial charge in [0.25, 0.3) is 0 Å². The number of ether oxygens (including phenoxy) is 4. The van der Waals surface area contributed by atoms with Crippen LogP contribution in [0.5, 0.6) is 0 Å². The highest BCUT2D eigenvalue weighted by atomic mass is 31.2. The summed E-state index contributed by atoms with van der Waals surface area (Å²) in [4.78, 5) is 73.5. The van der Waals surface area contributed by atoms with E-state index in [-0.39, 0.29) is 25.7 Å². The third-order valence-corrected chi connectivity index (χ3v) is 24.5. The van der Waals surface area contributed by atoms with Gasteiger partial charge in [-0.05, 0) is 37.5 Å². The van der Waals surface area contributed by atoms with E-state index < -0.39 is 97.5 Å². The zero-order chi connectivity index (χ0) is 82.7. The van der Waals surface area contributed by atoms with Gasteiger partial charge in [-0.15, -0.1) is 0 Å². The molecule has 113 heavy (non-hydrogen) atoms. The van der Waals surface area contributed by atoms with Crippen LogP contribution in [0.4, 0.5) is 0 Å². The topological polar surface area (TPSA) is 237 Å². The maximum Gasteiger partial charge on any atom is 0.472 e. The Labute approximate surface area is 696 Å². The van der Waals surface area contributed by atoms with Gasteiger partial charge < -0.3 is 33.8 Å². The van der Waals surface area contributed by atoms with Crippen molar-refractivity contribution in [2.24, 2.45) is 11.8 Å². The van der Waals surface area contributed by atoms with Crippen molar-refractivity contribution in [2.75, 3.05) is 39.6 Å². The van der Waals surface area contributed by atoms with Crippen LogP contribution >= 0.6 is 15.6 Å². The molecular weight excluding hydrogens is 1460 g/mol. The highest BCUT2D eigenvalue weighted by Crippen LogP contribution is 2.45. The lowest BCUT2D eigenvalue weighted by Crippen LogP contribution is -2.30. The summed E-state index contributed by atoms with van der Waals surface area (Å²) < 4.78 is 69.2. The minimum Gasteiger partial charge on any atom is -0.462 e. The van der Waals surface area contributed by atoms with Crippen LogP contribution in [-0.4, -0.2) is 96.7 Å². The van der Waals surface area contributed by atoms with Crippen LogP contribution in [0.25, 0.3) is 0 Å². The average Bonchev–Trinajstić information content (AvgIpc) is 0.898. The van der Waals surface area contributed by atoms with Crippen molar-refractivity contribution in [1.29, 1.82) is 0 Å². The molecule has 0 saturated carbocycles. The molecule has 0 radical (unpaired) electrons. The Morgan fingerprint density at radius 2 is 0.451 bits per heavy atom. The van der Waals surface area contributed by atoms with E-state index in [4.69, 9.17) is 37.0 Å². The van der Waals surface area contributed by atoms with Gasteiger partial charge in [-0.3, -0.25) is 37.3 Å². The van der Waals surface area contributed by atoms with E-state index in [0.29, 0.717) is 25.7 Å². The van der Waals surface area contributed by atoms with E-state index in [0.717, 1.165) is 102 Å². The second-order valence-corrected chi connectivity index (χ2v) is 37.4. The van der Waals surface area contributed by atoms with Gasteiger partial charge in [0.15, 0.2) is 12.2 Å². The van der Waals surface area contributed by atoms with Crippen LogP contribution in [0, 0.1) is 11.8 Å². The number of phosphoric ester groups is 2. The fraction of sp³-hybridized carbons (Fsp3) is 0.957. The van der Waals surface area contributed by atoms with E-state index in [2.05, 4.69) is 41.5 Å². The smallest absolute Gasteiger partial charge is 0.462 e. The first-order valence-corrected chi connectivity index (χ1v) is 51.5. The minimum absolute atomic E-state index is 0.108. The fourth-order valence-corrected chi connectivity index (χ4v) is 16.4. The highest BCUT2D eigenvalue weighted by molar-refractivity contribution is 7.47. The normalized spacial score (nSPS) is 13.9. The number of hydrogen-bond donors (Lipinski definition) is 3. The number of aliphatic hydroxyl groups excluding tert-OH is 1. The minimum atomic E-state index is -4.97. The SMILES string of the molecule is CCCCCCCCCCCCCCCCCCCCCCCCC(=O)OC[C@H](COP(=O)(O)OC[C@@H](O)COP(=O)(O)OC[C@@H](COC(=O)CCCCCCCCCCCCCCC)OC(=O)CCCCCCCCCCCCCCCC(C)C)OC(=O)CCCCCCCCCCCCCCCCCCCCC(C)CC. The van der Waals surface area contributed by atoms with Gasteiger partial charge in [0.1, 0.15) is 19.3 Å². The molecule has 19 heteroatoms. The van der Waals surface area contributed by atoms with Crippen molar-refractivity contribution in [1.82, 2.24) is 0 Å². The zero-order valence-corrected chi connectivity index (χ0v) is 76.5. The van der Waals surface area contributed by atoms with Crippen LogP contribution in [0.2, 0.25) is 0 Å². The molecule has 0 bridgehead atoms. The van der Waals surface area contributed by atoms with Crippen LogP contribution in [-0.2, 0) is 65.4 Å². The number of rotatable bonds is 93. The molecule has 0 aliphatic carbocycles. The van der Waals surface area contributed by atoms with Crippen molar-refractivity contribution in [3.05, 3.63) is 0 Å². The van der Waals surface area contributed by atoms with Crippen molar-refractivity contribution in [3.8, 4) is 0 Å². The second kappa shape index (κ2) is 85.1. The van der Waals surface area contributed by atoms with Gasteiger partial charge in [-0.2, -0.15) is 0 Å². The number of aliphatic hydroxyl groups is 1. The summed E-state index contributed by atoms with van der Waals surface area (Å²) in [5.41, 5.74) is 0. The van der Waals surface area contributed by atoms with Crippen LogP contribution in [0.1, 0.15) is 510 Å². The summed E-state index contributed by atoms with van der Waals surface area (Å²) in [5.74, 6) is -0.434. The molecule has 0 rings (SSSR count). The Kier molecular flexibility index (Phi) is 83.6. The predicted molar refractivity (Wildman–Crippen MR) is 469 cm³/mol. The largest absolute Gasteiger partial charge is 0.472 e. The molecule has 6 atom stereocenters. The molecule has 0 spiro atoms. The standard InChI is InChI=1S/C94H184O17P2/c1-7-10-12-14-16-18-20-22-23-24-25-26-27-28-32-35-41-47-53-59-65-71-77-92(97)105-83-90(110-93(98)78-72-66-60-54-48-42-36-33-30-29-31-34-40-45-51-57-63-69-75-87(6)9-3)85-109-113(102,103)107-81-88(95)80-106-112(100,101)108-84-89(82-104-91(96)76-70-64-58-52-46-38-21-19-17-15-13-11-8-2)111-94(99)79-73-67-61-55-49-43-37-39-44-50-56-62-68-74-86(4)5/h86-90,95H,7-85H2,1-6H3,(H,100,101)(H,102,103)/t87?,88-,89+,90+/m0/s1. The number of esters is 4. The first kappa shape index (κ1) is 111. The first-order valence-electron chi connectivity index (χ1n) is 48.5. The Morgan fingerprint density at radius 1 is 0.257 bits per heavy atom. The third-order valence-electron chi connectivity index (χ3n) is 22.6. The first-order chi connectivity index (χ1) is 54.9. The van der Waals surface area contributed by atoms with Crippen molar-refractivity contribution in [3.63, 3.8) is 0 Å². The molecule has 0 aromatic carbocycles. The quantitative estimate of drug-likeness (QED) is 0.0222. The molecule has 0 aromatic heterocycles. The molecule has 17 nitrogen and oxygen atoms in total. The second-order valence-electron chi connectivity index (χ2n) is 34.5. The van der Waals surface area contributed by atoms with E-state index in [1.807, 2.05) is 0 Å². The summed E-state index contributed by atoms with van der Waals surface area (Å²) >= 11 is 0. The lowest BCUT2D eigenvalue weighted by Gasteiger charge is -2.21. The Bertz CT molecular complexity index is 2150. The summed E-state index contributed by atoms with van der Waals surface area (Å²) in [6.45, 7) is 9.80. The Hall–Kier alpha value is -1.94. The van der Waals surface area contributed by atoms with Crippen molar-refractivity contribution >= 4 is 39.5 Å². The fourth-order valence-electron chi connectivity index (χ4n) is 14.8. The Balaban J connectivity index is 5.24. The zero-order valence-electron chi connectivity index (χ0n) is 74.7. The number of unbranched alkanes of at least 4 members (excludes halogenated alkanes) is 62. The monoisotopic (exact) mass is 1650 g/mol. The summed E-state index contributed by atoms with van der Waals surface area (Å²) in [6.07, 6.45) is 80.6. The summed E-state index contributed by atoms with van der Waals surface area (Å²) in [6, 6.07) is 0. The molecule has 0 amide bonds. The van der Waals surface area contributed by atoms with E-state index in [1.54, 1.807) is 0 Å². The number of hydrogen-bond acceptors (Lipinski definition) is 15. The van der Waals surface area contributed by atoms with E-state index in [9.17, 15) is 43.2 Å². The van der Waals surface area contributed by atoms with Crippen molar-refractivity contribution in [2.45, 2.75) is 529 Å². The molecule has 0 aliphatic heterocycles.